The Kier molecular flexibility index (Phi) is 1.31. The molecule has 0 radical (unpaired) electrons. The Hall–Kier alpha value is -0.570. The number of halogens is 2. The summed E-state index contributed by atoms with van der Waals surface area (Å²) in [5.41, 5.74) is 0. The summed E-state index contributed by atoms with van der Waals surface area (Å²) in [6.45, 7) is 0. The van der Waals surface area contributed by atoms with Crippen LogP contribution in [0.25, 0.3) is 0 Å². The third-order valence-corrected chi connectivity index (χ3v) is 1.80. The molecule has 0 aliphatic carbocycles. The lowest BCUT2D eigenvalue weighted by Gasteiger charge is -2.01. The van der Waals surface area contributed by atoms with Crippen LogP contribution in [-0.2, 0) is 0 Å². The Bertz CT molecular complexity index is 313. The van der Waals surface area contributed by atoms with Crippen LogP contribution in [0.2, 0.25) is 0 Å². The number of benzene rings is 1. The highest BCUT2D eigenvalue weighted by atomic mass is 79.9. The molecular weight excluding hydrogens is 199 g/mol. The largest absolute Gasteiger partial charge is 0.495 e. The van der Waals surface area contributed by atoms with Crippen molar-refractivity contribution < 1.29 is 13.2 Å². The van der Waals surface area contributed by atoms with E-state index >= 15 is 0 Å². The molecule has 0 N–H and O–H groups in total. The molecule has 0 atom stereocenters. The lowest BCUT2D eigenvalue weighted by molar-refractivity contribution is 0.408. The van der Waals surface area contributed by atoms with Gasteiger partial charge in [0.15, 0.2) is 0 Å². The highest BCUT2D eigenvalue weighted by molar-refractivity contribution is 9.10. The molecule has 1 rings (SSSR count). The molecule has 0 fully saturated rings. The lowest BCUT2D eigenvalue weighted by atomic mass is 10.3. The normalized spacial score (nSPS) is 15.2. The zero-order valence-corrected chi connectivity index (χ0v) is 6.48. The maximum absolute atomic E-state index is 12.8. The fraction of sp³-hybridized carbons (Fsp3) is 0.143. The second kappa shape index (κ2) is 3.01. The van der Waals surface area contributed by atoms with E-state index < -0.39 is 12.9 Å². The first kappa shape index (κ1) is 4.34. The van der Waals surface area contributed by atoms with Crippen molar-refractivity contribution in [2.45, 2.75) is 0 Å². The molecule has 54 valence electrons. The summed E-state index contributed by atoms with van der Waals surface area (Å²) in [6, 6.07) is 3.96. The van der Waals surface area contributed by atoms with E-state index in [1.54, 1.807) is 0 Å². The molecule has 0 saturated carbocycles. The molecule has 0 amide bonds. The molecule has 3 heteroatoms. The smallest absolute Gasteiger partial charge is 0.141 e. The van der Waals surface area contributed by atoms with Crippen LogP contribution >= 0.6 is 15.9 Å². The quantitative estimate of drug-likeness (QED) is 0.689. The van der Waals surface area contributed by atoms with Crippen LogP contribution in [0.1, 0.15) is 4.11 Å². The van der Waals surface area contributed by atoms with E-state index in [4.69, 9.17) is 4.11 Å². The second-order valence-corrected chi connectivity index (χ2v) is 2.45. The molecule has 0 aliphatic rings. The fourth-order valence-corrected chi connectivity index (χ4v) is 0.908. The summed E-state index contributed by atoms with van der Waals surface area (Å²) in [5, 5.41) is 0. The zero-order valence-electron chi connectivity index (χ0n) is 7.90. The van der Waals surface area contributed by atoms with Crippen molar-refractivity contribution in [3.8, 4) is 5.75 Å². The summed E-state index contributed by atoms with van der Waals surface area (Å²) in [6.07, 6.45) is 0. The molecule has 1 aromatic carbocycles. The predicted octanol–water partition coefficient (Wildman–Crippen LogP) is 2.60. The number of hydrogen-bond donors (Lipinski definition) is 0. The zero-order chi connectivity index (χ0) is 10.1. The molecule has 0 aromatic heterocycles. The Labute approximate surface area is 71.2 Å². The Morgan fingerprint density at radius 2 is 2.50 bits per heavy atom. The maximum atomic E-state index is 12.8. The van der Waals surface area contributed by atoms with E-state index in [1.807, 2.05) is 0 Å². The summed E-state index contributed by atoms with van der Waals surface area (Å²) in [5.74, 6) is -0.582. The van der Waals surface area contributed by atoms with Gasteiger partial charge in [0.2, 0.25) is 0 Å². The first-order valence-electron chi connectivity index (χ1n) is 4.03. The van der Waals surface area contributed by atoms with Crippen molar-refractivity contribution in [1.29, 1.82) is 0 Å². The van der Waals surface area contributed by atoms with Gasteiger partial charge in [-0.2, -0.15) is 0 Å². The van der Waals surface area contributed by atoms with Crippen molar-refractivity contribution in [2.24, 2.45) is 0 Å². The molecule has 1 nitrogen and oxygen atoms in total. The van der Waals surface area contributed by atoms with Gasteiger partial charge in [-0.15, -0.1) is 0 Å². The molecule has 0 unspecified atom stereocenters. The topological polar surface area (TPSA) is 9.23 Å². The van der Waals surface area contributed by atoms with Crippen LogP contribution in [0.15, 0.2) is 22.7 Å². The van der Waals surface area contributed by atoms with Gasteiger partial charge in [0.25, 0.3) is 0 Å². The average Bonchev–Trinajstić information content (AvgIpc) is 1.96. The van der Waals surface area contributed by atoms with E-state index in [0.717, 1.165) is 0 Å². The van der Waals surface area contributed by atoms with Crippen molar-refractivity contribution in [3.63, 3.8) is 0 Å². The van der Waals surface area contributed by atoms with Crippen molar-refractivity contribution >= 4 is 15.9 Å². The minimum Gasteiger partial charge on any atom is -0.495 e. The first-order chi connectivity index (χ1) is 5.90. The molecule has 0 heterocycles. The minimum atomic E-state index is -2.56. The van der Waals surface area contributed by atoms with E-state index in [1.165, 1.54) is 18.2 Å². The summed E-state index contributed by atoms with van der Waals surface area (Å²) >= 11 is 2.88. The molecule has 0 spiro atoms. The summed E-state index contributed by atoms with van der Waals surface area (Å²) in [4.78, 5) is 0. The second-order valence-electron chi connectivity index (χ2n) is 1.65. The van der Waals surface area contributed by atoms with E-state index in [2.05, 4.69) is 20.7 Å². The van der Waals surface area contributed by atoms with Gasteiger partial charge in [-0.05, 0) is 28.1 Å². The first-order valence-corrected chi connectivity index (χ1v) is 3.32. The summed E-state index contributed by atoms with van der Waals surface area (Å²) < 4.78 is 37.8. The van der Waals surface area contributed by atoms with Gasteiger partial charge in [-0.1, -0.05) is 6.07 Å². The van der Waals surface area contributed by atoms with Gasteiger partial charge < -0.3 is 4.74 Å². The lowest BCUT2D eigenvalue weighted by Crippen LogP contribution is -1.85. The van der Waals surface area contributed by atoms with Crippen LogP contribution in [0.3, 0.4) is 0 Å². The molecule has 0 saturated heterocycles. The average molecular weight is 208 g/mol. The monoisotopic (exact) mass is 207 g/mol. The summed E-state index contributed by atoms with van der Waals surface area (Å²) in [7, 11) is -2.56. The third-order valence-electron chi connectivity index (χ3n) is 1.03. The van der Waals surface area contributed by atoms with Gasteiger partial charge in [-0.3, -0.25) is 0 Å². The van der Waals surface area contributed by atoms with E-state index in [9.17, 15) is 4.39 Å². The van der Waals surface area contributed by atoms with Crippen LogP contribution in [-0.4, -0.2) is 7.04 Å². The van der Waals surface area contributed by atoms with Gasteiger partial charge >= 0.3 is 0 Å². The number of hydrogen-bond acceptors (Lipinski definition) is 1. The Morgan fingerprint density at radius 1 is 1.70 bits per heavy atom. The van der Waals surface area contributed by atoms with Crippen molar-refractivity contribution in [2.75, 3.05) is 7.04 Å². The number of ether oxygens (including phenoxy) is 1. The SMILES string of the molecule is [2H]C([2H])([2H])Oc1cccc(F)c1Br. The highest BCUT2D eigenvalue weighted by Gasteiger charge is 2.02. The Balaban J connectivity index is 2.96. The molecule has 1 aromatic rings. The van der Waals surface area contributed by atoms with Crippen LogP contribution < -0.4 is 4.74 Å². The van der Waals surface area contributed by atoms with Crippen molar-refractivity contribution in [1.82, 2.24) is 0 Å². The van der Waals surface area contributed by atoms with Gasteiger partial charge in [0.1, 0.15) is 11.6 Å². The minimum absolute atomic E-state index is 0.0196. The van der Waals surface area contributed by atoms with E-state index in [0.29, 0.717) is 0 Å². The molecule has 0 bridgehead atoms. The van der Waals surface area contributed by atoms with Crippen molar-refractivity contribution in [3.05, 3.63) is 28.5 Å². The standard InChI is InChI=1S/C7H6BrFO/c1-10-6-4-2-3-5(9)7(6)8/h2-4H,1H3/i1D3. The van der Waals surface area contributed by atoms with Crippen LogP contribution in [0.5, 0.6) is 5.75 Å². The van der Waals surface area contributed by atoms with Gasteiger partial charge in [-0.25, -0.2) is 4.39 Å². The molecule has 10 heavy (non-hydrogen) atoms. The van der Waals surface area contributed by atoms with Crippen LogP contribution in [0, 0.1) is 5.82 Å². The molecule has 0 aliphatic heterocycles. The predicted molar refractivity (Wildman–Crippen MR) is 40.7 cm³/mol. The third kappa shape index (κ3) is 1.29. The van der Waals surface area contributed by atoms with Gasteiger partial charge in [0.05, 0.1) is 15.6 Å². The van der Waals surface area contributed by atoms with Gasteiger partial charge in [0, 0.05) is 0 Å². The molecular formula is C7H6BrFO. The Morgan fingerprint density at radius 3 is 3.20 bits per heavy atom. The number of rotatable bonds is 1. The highest BCUT2D eigenvalue weighted by Crippen LogP contribution is 2.26. The van der Waals surface area contributed by atoms with Crippen LogP contribution in [0.4, 0.5) is 4.39 Å². The van der Waals surface area contributed by atoms with E-state index in [-0.39, 0.29) is 10.2 Å². The number of methoxy groups -OCH3 is 1. The fourth-order valence-electron chi connectivity index (χ4n) is 0.563. The maximum Gasteiger partial charge on any atom is 0.141 e.